The molecule has 0 unspecified atom stereocenters. The molecule has 0 aromatic heterocycles. The van der Waals surface area contributed by atoms with E-state index in [-0.39, 0.29) is 5.56 Å². The second kappa shape index (κ2) is 6.45. The Morgan fingerprint density at radius 3 is 2.62 bits per heavy atom. The second-order valence-electron chi connectivity index (χ2n) is 4.61. The topological polar surface area (TPSA) is 32.3 Å². The smallest absolute Gasteiger partial charge is 0.255 e. The van der Waals surface area contributed by atoms with E-state index in [1.807, 2.05) is 14.1 Å². The molecular weight excluding hydrogens is 359 g/mol. The standard InChI is InChI=1S/C15H13BrClFN2O/c1-20(2)14-11(17)4-3-5-13(14)19-15(21)9-6-7-10(16)12(18)8-9/h3-8H,1-2H3,(H,19,21). The third-order valence-electron chi connectivity index (χ3n) is 2.86. The lowest BCUT2D eigenvalue weighted by Crippen LogP contribution is -2.17. The molecule has 0 spiro atoms. The van der Waals surface area contributed by atoms with Gasteiger partial charge >= 0.3 is 0 Å². The predicted octanol–water partition coefficient (Wildman–Crippen LogP) is 4.56. The van der Waals surface area contributed by atoms with Crippen LogP contribution in [0.3, 0.4) is 0 Å². The molecular formula is C15H13BrClFN2O. The van der Waals surface area contributed by atoms with E-state index >= 15 is 0 Å². The normalized spacial score (nSPS) is 10.3. The van der Waals surface area contributed by atoms with Gasteiger partial charge in [-0.05, 0) is 46.3 Å². The molecule has 2 rings (SSSR count). The molecule has 0 atom stereocenters. The summed E-state index contributed by atoms with van der Waals surface area (Å²) in [6.07, 6.45) is 0. The lowest BCUT2D eigenvalue weighted by molar-refractivity contribution is 0.102. The Labute approximate surface area is 135 Å². The van der Waals surface area contributed by atoms with Crippen molar-refractivity contribution in [3.63, 3.8) is 0 Å². The van der Waals surface area contributed by atoms with Crippen molar-refractivity contribution < 1.29 is 9.18 Å². The lowest BCUT2D eigenvalue weighted by atomic mass is 10.2. The molecule has 0 saturated carbocycles. The average molecular weight is 372 g/mol. The number of carbonyl (C=O) groups excluding carboxylic acids is 1. The Bertz CT molecular complexity index is 691. The molecule has 0 saturated heterocycles. The van der Waals surface area contributed by atoms with Crippen LogP contribution >= 0.6 is 27.5 Å². The number of hydrogen-bond donors (Lipinski definition) is 1. The van der Waals surface area contributed by atoms with Crippen LogP contribution in [0.2, 0.25) is 5.02 Å². The molecule has 1 amide bonds. The molecule has 2 aromatic rings. The fourth-order valence-electron chi connectivity index (χ4n) is 1.90. The summed E-state index contributed by atoms with van der Waals surface area (Å²) in [5.41, 5.74) is 1.51. The molecule has 2 aromatic carbocycles. The van der Waals surface area contributed by atoms with Gasteiger partial charge in [-0.2, -0.15) is 0 Å². The van der Waals surface area contributed by atoms with Crippen LogP contribution in [0, 0.1) is 5.82 Å². The first kappa shape index (κ1) is 15.8. The second-order valence-corrected chi connectivity index (χ2v) is 5.87. The zero-order chi connectivity index (χ0) is 15.6. The van der Waals surface area contributed by atoms with Gasteiger partial charge in [0.05, 0.1) is 20.9 Å². The molecule has 0 radical (unpaired) electrons. The first-order chi connectivity index (χ1) is 9.90. The number of nitrogens with one attached hydrogen (secondary N) is 1. The summed E-state index contributed by atoms with van der Waals surface area (Å²) in [6, 6.07) is 9.45. The maximum absolute atomic E-state index is 13.5. The van der Waals surface area contributed by atoms with E-state index in [2.05, 4.69) is 21.2 Å². The zero-order valence-electron chi connectivity index (χ0n) is 11.5. The summed E-state index contributed by atoms with van der Waals surface area (Å²) in [5.74, 6) is -0.881. The number of para-hydroxylation sites is 1. The minimum absolute atomic E-state index is 0.236. The van der Waals surface area contributed by atoms with Gasteiger partial charge in [0, 0.05) is 19.7 Å². The Morgan fingerprint density at radius 2 is 2.00 bits per heavy atom. The molecule has 0 aliphatic heterocycles. The van der Waals surface area contributed by atoms with Gasteiger partial charge in [0.25, 0.3) is 5.91 Å². The van der Waals surface area contributed by atoms with Crippen molar-refractivity contribution in [1.82, 2.24) is 0 Å². The van der Waals surface area contributed by atoms with Gasteiger partial charge in [0.2, 0.25) is 0 Å². The van der Waals surface area contributed by atoms with Gasteiger partial charge < -0.3 is 10.2 Å². The largest absolute Gasteiger partial charge is 0.375 e. The molecule has 0 heterocycles. The number of rotatable bonds is 3. The fourth-order valence-corrected chi connectivity index (χ4v) is 2.49. The minimum Gasteiger partial charge on any atom is -0.375 e. The van der Waals surface area contributed by atoms with E-state index in [0.29, 0.717) is 20.9 Å². The first-order valence-electron chi connectivity index (χ1n) is 6.12. The van der Waals surface area contributed by atoms with Crippen molar-refractivity contribution in [3.8, 4) is 0 Å². The number of anilines is 2. The molecule has 0 bridgehead atoms. The van der Waals surface area contributed by atoms with Gasteiger partial charge in [-0.25, -0.2) is 4.39 Å². The predicted molar refractivity (Wildman–Crippen MR) is 87.8 cm³/mol. The van der Waals surface area contributed by atoms with Crippen LogP contribution in [0.4, 0.5) is 15.8 Å². The lowest BCUT2D eigenvalue weighted by Gasteiger charge is -2.19. The number of benzene rings is 2. The quantitative estimate of drug-likeness (QED) is 0.858. The molecule has 0 aliphatic rings. The van der Waals surface area contributed by atoms with E-state index in [1.54, 1.807) is 29.2 Å². The van der Waals surface area contributed by atoms with Crippen molar-refractivity contribution >= 4 is 44.8 Å². The van der Waals surface area contributed by atoms with Crippen LogP contribution in [0.5, 0.6) is 0 Å². The van der Waals surface area contributed by atoms with Crippen molar-refractivity contribution in [3.05, 3.63) is 57.3 Å². The number of halogens is 3. The highest BCUT2D eigenvalue weighted by molar-refractivity contribution is 9.10. The highest BCUT2D eigenvalue weighted by atomic mass is 79.9. The highest BCUT2D eigenvalue weighted by Crippen LogP contribution is 2.32. The third kappa shape index (κ3) is 3.54. The van der Waals surface area contributed by atoms with Crippen LogP contribution < -0.4 is 10.2 Å². The average Bonchev–Trinajstić information content (AvgIpc) is 2.41. The summed E-state index contributed by atoms with van der Waals surface area (Å²) >= 11 is 9.20. The molecule has 0 fully saturated rings. The maximum atomic E-state index is 13.5. The maximum Gasteiger partial charge on any atom is 0.255 e. The van der Waals surface area contributed by atoms with E-state index < -0.39 is 11.7 Å². The number of carbonyl (C=O) groups is 1. The van der Waals surface area contributed by atoms with Crippen LogP contribution in [-0.2, 0) is 0 Å². The van der Waals surface area contributed by atoms with Gasteiger partial charge in [-0.1, -0.05) is 17.7 Å². The van der Waals surface area contributed by atoms with Gasteiger partial charge in [-0.3, -0.25) is 4.79 Å². The molecule has 0 aliphatic carbocycles. The van der Waals surface area contributed by atoms with Crippen LogP contribution in [-0.4, -0.2) is 20.0 Å². The number of hydrogen-bond acceptors (Lipinski definition) is 2. The van der Waals surface area contributed by atoms with Crippen molar-refractivity contribution in [2.75, 3.05) is 24.3 Å². The zero-order valence-corrected chi connectivity index (χ0v) is 13.8. The van der Waals surface area contributed by atoms with Crippen LogP contribution in [0.25, 0.3) is 0 Å². The molecule has 1 N–H and O–H groups in total. The summed E-state index contributed by atoms with van der Waals surface area (Å²) in [4.78, 5) is 14.0. The third-order valence-corrected chi connectivity index (χ3v) is 3.81. The molecule has 110 valence electrons. The van der Waals surface area contributed by atoms with E-state index in [4.69, 9.17) is 11.6 Å². The first-order valence-corrected chi connectivity index (χ1v) is 7.29. The molecule has 6 heteroatoms. The van der Waals surface area contributed by atoms with Gasteiger partial charge in [0.15, 0.2) is 0 Å². The summed E-state index contributed by atoms with van der Waals surface area (Å²) in [7, 11) is 3.66. The van der Waals surface area contributed by atoms with E-state index in [0.717, 1.165) is 0 Å². The van der Waals surface area contributed by atoms with E-state index in [1.165, 1.54) is 12.1 Å². The highest BCUT2D eigenvalue weighted by Gasteiger charge is 2.14. The number of amides is 1. The Balaban J connectivity index is 2.31. The van der Waals surface area contributed by atoms with Crippen molar-refractivity contribution in [2.45, 2.75) is 0 Å². The summed E-state index contributed by atoms with van der Waals surface area (Å²) < 4.78 is 13.8. The Kier molecular flexibility index (Phi) is 4.85. The van der Waals surface area contributed by atoms with Gasteiger partial charge in [-0.15, -0.1) is 0 Å². The molecule has 3 nitrogen and oxygen atoms in total. The Hall–Kier alpha value is -1.59. The summed E-state index contributed by atoms with van der Waals surface area (Å²) in [5, 5.41) is 3.28. The minimum atomic E-state index is -0.485. The van der Waals surface area contributed by atoms with E-state index in [9.17, 15) is 9.18 Å². The number of nitrogens with zero attached hydrogens (tertiary/aromatic N) is 1. The van der Waals surface area contributed by atoms with Crippen LogP contribution in [0.1, 0.15) is 10.4 Å². The molecule has 21 heavy (non-hydrogen) atoms. The van der Waals surface area contributed by atoms with Crippen molar-refractivity contribution in [1.29, 1.82) is 0 Å². The van der Waals surface area contributed by atoms with Crippen LogP contribution in [0.15, 0.2) is 40.9 Å². The monoisotopic (exact) mass is 370 g/mol. The fraction of sp³-hybridized carbons (Fsp3) is 0.133. The van der Waals surface area contributed by atoms with Gasteiger partial charge in [0.1, 0.15) is 5.82 Å². The van der Waals surface area contributed by atoms with Crippen molar-refractivity contribution in [2.24, 2.45) is 0 Å². The summed E-state index contributed by atoms with van der Waals surface area (Å²) in [6.45, 7) is 0. The SMILES string of the molecule is CN(C)c1c(Cl)cccc1NC(=O)c1ccc(Br)c(F)c1. The Morgan fingerprint density at radius 1 is 1.29 bits per heavy atom.